The van der Waals surface area contributed by atoms with Crippen molar-refractivity contribution in [3.05, 3.63) is 34.3 Å². The fourth-order valence-corrected chi connectivity index (χ4v) is 1.95. The Morgan fingerprint density at radius 2 is 2.12 bits per heavy atom. The second kappa shape index (κ2) is 6.69. The van der Waals surface area contributed by atoms with E-state index in [1.165, 1.54) is 5.56 Å². The van der Waals surface area contributed by atoms with E-state index < -0.39 is 0 Å². The van der Waals surface area contributed by atoms with Gasteiger partial charge in [-0.05, 0) is 25.0 Å². The maximum atomic E-state index is 11.3. The first-order chi connectivity index (χ1) is 7.63. The SMILES string of the molecule is CCCC(=O)OC(C)Cc1ccccc1Br. The summed E-state index contributed by atoms with van der Waals surface area (Å²) < 4.78 is 6.35. The summed E-state index contributed by atoms with van der Waals surface area (Å²) in [6, 6.07) is 7.99. The molecule has 0 amide bonds. The number of hydrogen-bond acceptors (Lipinski definition) is 2. The van der Waals surface area contributed by atoms with E-state index in [1.54, 1.807) is 0 Å². The molecule has 0 spiro atoms. The molecule has 1 aromatic rings. The quantitative estimate of drug-likeness (QED) is 0.771. The van der Waals surface area contributed by atoms with Crippen molar-refractivity contribution >= 4 is 21.9 Å². The molecular weight excluding hydrogens is 268 g/mol. The van der Waals surface area contributed by atoms with E-state index in [2.05, 4.69) is 15.9 Å². The smallest absolute Gasteiger partial charge is 0.306 e. The van der Waals surface area contributed by atoms with Gasteiger partial charge in [0.2, 0.25) is 0 Å². The largest absolute Gasteiger partial charge is 0.462 e. The predicted octanol–water partition coefficient (Wildman–Crippen LogP) is 3.72. The highest BCUT2D eigenvalue weighted by Gasteiger charge is 2.10. The second-order valence-electron chi connectivity index (χ2n) is 3.85. The van der Waals surface area contributed by atoms with Crippen LogP contribution in [0.4, 0.5) is 0 Å². The molecule has 1 rings (SSSR count). The molecule has 0 aliphatic heterocycles. The normalized spacial score (nSPS) is 12.2. The Kier molecular flexibility index (Phi) is 5.53. The van der Waals surface area contributed by atoms with Crippen molar-refractivity contribution in [1.82, 2.24) is 0 Å². The Morgan fingerprint density at radius 3 is 2.75 bits per heavy atom. The van der Waals surface area contributed by atoms with Crippen molar-refractivity contribution in [2.24, 2.45) is 0 Å². The molecule has 88 valence electrons. The minimum Gasteiger partial charge on any atom is -0.462 e. The summed E-state index contributed by atoms with van der Waals surface area (Å²) in [5, 5.41) is 0. The van der Waals surface area contributed by atoms with Gasteiger partial charge in [-0.15, -0.1) is 0 Å². The van der Waals surface area contributed by atoms with Gasteiger partial charge in [-0.25, -0.2) is 0 Å². The fraction of sp³-hybridized carbons (Fsp3) is 0.462. The predicted molar refractivity (Wildman–Crippen MR) is 68.3 cm³/mol. The van der Waals surface area contributed by atoms with Crippen LogP contribution in [0.5, 0.6) is 0 Å². The molecule has 0 bridgehead atoms. The third-order valence-corrected chi connectivity index (χ3v) is 3.03. The van der Waals surface area contributed by atoms with Crippen LogP contribution >= 0.6 is 15.9 Å². The van der Waals surface area contributed by atoms with Gasteiger partial charge in [-0.2, -0.15) is 0 Å². The molecule has 0 saturated heterocycles. The molecule has 0 aliphatic carbocycles. The van der Waals surface area contributed by atoms with E-state index >= 15 is 0 Å². The molecule has 0 fully saturated rings. The summed E-state index contributed by atoms with van der Waals surface area (Å²) >= 11 is 3.48. The summed E-state index contributed by atoms with van der Waals surface area (Å²) in [4.78, 5) is 11.3. The summed E-state index contributed by atoms with van der Waals surface area (Å²) in [6.45, 7) is 3.90. The Morgan fingerprint density at radius 1 is 1.44 bits per heavy atom. The van der Waals surface area contributed by atoms with Crippen molar-refractivity contribution in [3.8, 4) is 0 Å². The molecule has 3 heteroatoms. The molecular formula is C13H17BrO2. The minimum absolute atomic E-state index is 0.0715. The first-order valence-corrected chi connectivity index (χ1v) is 6.35. The lowest BCUT2D eigenvalue weighted by atomic mass is 10.1. The van der Waals surface area contributed by atoms with Gasteiger partial charge in [0.15, 0.2) is 0 Å². The molecule has 2 nitrogen and oxygen atoms in total. The number of benzene rings is 1. The van der Waals surface area contributed by atoms with Crippen molar-refractivity contribution in [2.75, 3.05) is 0 Å². The maximum Gasteiger partial charge on any atom is 0.306 e. The van der Waals surface area contributed by atoms with Crippen LogP contribution in [0.2, 0.25) is 0 Å². The van der Waals surface area contributed by atoms with E-state index in [0.717, 1.165) is 17.3 Å². The standard InChI is InChI=1S/C13H17BrO2/c1-3-6-13(15)16-10(2)9-11-7-4-5-8-12(11)14/h4-5,7-8,10H,3,6,9H2,1-2H3. The summed E-state index contributed by atoms with van der Waals surface area (Å²) in [7, 11) is 0. The van der Waals surface area contributed by atoms with Gasteiger partial charge in [0, 0.05) is 17.3 Å². The van der Waals surface area contributed by atoms with Crippen LogP contribution in [0.15, 0.2) is 28.7 Å². The Labute approximate surface area is 105 Å². The third kappa shape index (κ3) is 4.35. The highest BCUT2D eigenvalue weighted by Crippen LogP contribution is 2.18. The van der Waals surface area contributed by atoms with Gasteiger partial charge in [0.05, 0.1) is 0 Å². The lowest BCUT2D eigenvalue weighted by Crippen LogP contribution is -2.17. The number of hydrogen-bond donors (Lipinski definition) is 0. The summed E-state index contributed by atoms with van der Waals surface area (Å²) in [6.07, 6.45) is 2.01. The van der Waals surface area contributed by atoms with Gasteiger partial charge >= 0.3 is 5.97 Å². The number of halogens is 1. The summed E-state index contributed by atoms with van der Waals surface area (Å²) in [5.41, 5.74) is 1.17. The zero-order valence-electron chi connectivity index (χ0n) is 9.70. The highest BCUT2D eigenvalue weighted by molar-refractivity contribution is 9.10. The summed E-state index contributed by atoms with van der Waals surface area (Å²) in [5.74, 6) is -0.109. The van der Waals surface area contributed by atoms with Crippen LogP contribution in [0.3, 0.4) is 0 Å². The van der Waals surface area contributed by atoms with Gasteiger partial charge in [0.25, 0.3) is 0 Å². The zero-order chi connectivity index (χ0) is 12.0. The van der Waals surface area contributed by atoms with E-state index in [4.69, 9.17) is 4.74 Å². The molecule has 0 aromatic heterocycles. The molecule has 1 unspecified atom stereocenters. The van der Waals surface area contributed by atoms with Crippen molar-refractivity contribution in [2.45, 2.75) is 39.2 Å². The molecule has 1 atom stereocenters. The Balaban J connectivity index is 2.48. The van der Waals surface area contributed by atoms with Crippen LogP contribution < -0.4 is 0 Å². The first kappa shape index (κ1) is 13.2. The monoisotopic (exact) mass is 284 g/mol. The van der Waals surface area contributed by atoms with Gasteiger partial charge in [0.1, 0.15) is 6.10 Å². The van der Waals surface area contributed by atoms with Crippen LogP contribution in [0.25, 0.3) is 0 Å². The average molecular weight is 285 g/mol. The van der Waals surface area contributed by atoms with E-state index in [-0.39, 0.29) is 12.1 Å². The molecule has 16 heavy (non-hydrogen) atoms. The van der Waals surface area contributed by atoms with E-state index in [9.17, 15) is 4.79 Å². The maximum absolute atomic E-state index is 11.3. The van der Waals surface area contributed by atoms with Crippen LogP contribution in [0, 0.1) is 0 Å². The van der Waals surface area contributed by atoms with Crippen molar-refractivity contribution in [3.63, 3.8) is 0 Å². The van der Waals surface area contributed by atoms with E-state index in [1.807, 2.05) is 38.1 Å². The van der Waals surface area contributed by atoms with Crippen LogP contribution in [0.1, 0.15) is 32.3 Å². The fourth-order valence-electron chi connectivity index (χ4n) is 1.50. The third-order valence-electron chi connectivity index (χ3n) is 2.25. The molecule has 0 heterocycles. The number of carbonyl (C=O) groups is 1. The van der Waals surface area contributed by atoms with Crippen molar-refractivity contribution in [1.29, 1.82) is 0 Å². The van der Waals surface area contributed by atoms with Crippen molar-refractivity contribution < 1.29 is 9.53 Å². The van der Waals surface area contributed by atoms with Gasteiger partial charge in [-0.1, -0.05) is 41.1 Å². The molecule has 0 aliphatic rings. The van der Waals surface area contributed by atoms with E-state index in [0.29, 0.717) is 6.42 Å². The Hall–Kier alpha value is -0.830. The van der Waals surface area contributed by atoms with Crippen LogP contribution in [-0.2, 0) is 16.0 Å². The lowest BCUT2D eigenvalue weighted by molar-refractivity contribution is -0.148. The molecule has 1 aromatic carbocycles. The first-order valence-electron chi connectivity index (χ1n) is 5.56. The molecule has 0 N–H and O–H groups in total. The topological polar surface area (TPSA) is 26.3 Å². The molecule has 0 saturated carbocycles. The zero-order valence-corrected chi connectivity index (χ0v) is 11.3. The van der Waals surface area contributed by atoms with Gasteiger partial charge in [-0.3, -0.25) is 4.79 Å². The minimum atomic E-state index is -0.109. The number of rotatable bonds is 5. The number of ether oxygens (including phenoxy) is 1. The Bertz CT molecular complexity index is 350. The second-order valence-corrected chi connectivity index (χ2v) is 4.70. The van der Waals surface area contributed by atoms with Crippen LogP contribution in [-0.4, -0.2) is 12.1 Å². The highest BCUT2D eigenvalue weighted by atomic mass is 79.9. The number of carbonyl (C=O) groups excluding carboxylic acids is 1. The lowest BCUT2D eigenvalue weighted by Gasteiger charge is -2.13. The number of esters is 1. The molecule has 0 radical (unpaired) electrons. The van der Waals surface area contributed by atoms with Gasteiger partial charge < -0.3 is 4.74 Å². The average Bonchev–Trinajstić information content (AvgIpc) is 2.21.